The summed E-state index contributed by atoms with van der Waals surface area (Å²) in [6, 6.07) is 17.7. The van der Waals surface area contributed by atoms with Crippen LogP contribution in [-0.4, -0.2) is 21.6 Å². The average molecular weight is 408 g/mol. The molecule has 2 aromatic heterocycles. The van der Waals surface area contributed by atoms with E-state index in [9.17, 15) is 4.39 Å². The molecule has 0 aliphatic carbocycles. The van der Waals surface area contributed by atoms with Gasteiger partial charge in [-0.15, -0.1) is 0 Å². The first-order chi connectivity index (χ1) is 14.1. The summed E-state index contributed by atoms with van der Waals surface area (Å²) in [5, 5.41) is 0.647. The minimum absolute atomic E-state index is 0.346. The molecule has 0 aliphatic heterocycles. The van der Waals surface area contributed by atoms with Crippen LogP contribution in [-0.2, 0) is 12.8 Å². The van der Waals surface area contributed by atoms with Crippen molar-refractivity contribution in [2.24, 2.45) is 0 Å². The highest BCUT2D eigenvalue weighted by Crippen LogP contribution is 2.32. The van der Waals surface area contributed by atoms with Gasteiger partial charge in [0.15, 0.2) is 0 Å². The van der Waals surface area contributed by atoms with Gasteiger partial charge in [0.2, 0.25) is 0 Å². The van der Waals surface area contributed by atoms with E-state index in [2.05, 4.69) is 4.98 Å². The van der Waals surface area contributed by atoms with E-state index < -0.39 is 0 Å². The van der Waals surface area contributed by atoms with Crippen molar-refractivity contribution in [3.8, 4) is 22.8 Å². The molecule has 6 heteroatoms. The molecule has 0 amide bonds. The zero-order valence-corrected chi connectivity index (χ0v) is 16.6. The minimum atomic E-state index is -0.346. The number of methoxy groups -OCH3 is 1. The molecule has 0 bridgehead atoms. The summed E-state index contributed by atoms with van der Waals surface area (Å²) in [7, 11) is 1.56. The lowest BCUT2D eigenvalue weighted by molar-refractivity contribution is 0.415. The van der Waals surface area contributed by atoms with E-state index in [1.54, 1.807) is 19.4 Å². The standard InChI is InChI=1S/C23H19ClFN3O/c1-29-22-12-7-17(25)14-21(22)23-27-19(9-8-18-4-2-3-13-26-18)15-28(23)20-10-5-16(24)6-11-20/h2-7,10-15H,8-9H2,1H3. The van der Waals surface area contributed by atoms with E-state index in [0.29, 0.717) is 28.6 Å². The molecular formula is C23H19ClFN3O. The number of ether oxygens (including phenoxy) is 1. The van der Waals surface area contributed by atoms with Gasteiger partial charge in [0, 0.05) is 28.8 Å². The number of rotatable bonds is 6. The molecule has 0 N–H and O–H groups in total. The molecule has 29 heavy (non-hydrogen) atoms. The molecule has 4 rings (SSSR count). The number of nitrogens with zero attached hydrogens (tertiary/aromatic N) is 3. The number of aromatic nitrogens is 3. The molecule has 0 aliphatic rings. The summed E-state index contributed by atoms with van der Waals surface area (Å²) in [6.07, 6.45) is 5.22. The highest BCUT2D eigenvalue weighted by molar-refractivity contribution is 6.30. The summed E-state index contributed by atoms with van der Waals surface area (Å²) in [4.78, 5) is 9.17. The van der Waals surface area contributed by atoms with Gasteiger partial charge in [-0.1, -0.05) is 17.7 Å². The molecule has 0 atom stereocenters. The summed E-state index contributed by atoms with van der Waals surface area (Å²) in [6.45, 7) is 0. The molecule has 0 radical (unpaired) electrons. The molecular weight excluding hydrogens is 389 g/mol. The molecule has 4 nitrogen and oxygen atoms in total. The predicted molar refractivity (Wildman–Crippen MR) is 112 cm³/mol. The monoisotopic (exact) mass is 407 g/mol. The van der Waals surface area contributed by atoms with Crippen LogP contribution in [0.1, 0.15) is 11.4 Å². The second-order valence-corrected chi connectivity index (χ2v) is 7.00. The normalized spacial score (nSPS) is 10.9. The predicted octanol–water partition coefficient (Wildman–Crippen LogP) is 5.52. The Kier molecular flexibility index (Phi) is 5.58. The van der Waals surface area contributed by atoms with Crippen LogP contribution in [0.4, 0.5) is 4.39 Å². The van der Waals surface area contributed by atoms with Gasteiger partial charge in [0.1, 0.15) is 17.4 Å². The van der Waals surface area contributed by atoms with Crippen molar-refractivity contribution in [2.45, 2.75) is 12.8 Å². The Morgan fingerprint density at radius 3 is 2.52 bits per heavy atom. The second-order valence-electron chi connectivity index (χ2n) is 6.57. The molecule has 4 aromatic rings. The van der Waals surface area contributed by atoms with Crippen molar-refractivity contribution in [1.29, 1.82) is 0 Å². The molecule has 0 saturated heterocycles. The maximum Gasteiger partial charge on any atom is 0.148 e. The fourth-order valence-electron chi connectivity index (χ4n) is 3.19. The maximum absolute atomic E-state index is 14.0. The van der Waals surface area contributed by atoms with Crippen molar-refractivity contribution in [3.05, 3.63) is 95.3 Å². The van der Waals surface area contributed by atoms with Crippen LogP contribution in [0.5, 0.6) is 5.75 Å². The Hall–Kier alpha value is -3.18. The van der Waals surface area contributed by atoms with Crippen molar-refractivity contribution in [1.82, 2.24) is 14.5 Å². The smallest absolute Gasteiger partial charge is 0.148 e. The van der Waals surface area contributed by atoms with Gasteiger partial charge in [0.25, 0.3) is 0 Å². The fourth-order valence-corrected chi connectivity index (χ4v) is 3.32. The number of pyridine rings is 1. The van der Waals surface area contributed by atoms with Crippen LogP contribution in [0.15, 0.2) is 73.1 Å². The van der Waals surface area contributed by atoms with Crippen LogP contribution >= 0.6 is 11.6 Å². The summed E-state index contributed by atoms with van der Waals surface area (Å²) in [5.74, 6) is 0.824. The van der Waals surface area contributed by atoms with Gasteiger partial charge in [-0.3, -0.25) is 9.55 Å². The Labute approximate surface area is 173 Å². The lowest BCUT2D eigenvalue weighted by Gasteiger charge is -2.11. The van der Waals surface area contributed by atoms with E-state index in [1.807, 2.05) is 53.2 Å². The second kappa shape index (κ2) is 8.45. The third kappa shape index (κ3) is 4.30. The molecule has 0 unspecified atom stereocenters. The first kappa shape index (κ1) is 19.2. The SMILES string of the molecule is COc1ccc(F)cc1-c1nc(CCc2ccccn2)cn1-c1ccc(Cl)cc1. The van der Waals surface area contributed by atoms with E-state index in [0.717, 1.165) is 23.5 Å². The number of imidazole rings is 1. The van der Waals surface area contributed by atoms with Gasteiger partial charge in [-0.2, -0.15) is 0 Å². The summed E-state index contributed by atoms with van der Waals surface area (Å²) >= 11 is 6.05. The van der Waals surface area contributed by atoms with E-state index in [-0.39, 0.29) is 5.82 Å². The first-order valence-electron chi connectivity index (χ1n) is 9.22. The van der Waals surface area contributed by atoms with Gasteiger partial charge >= 0.3 is 0 Å². The molecule has 0 fully saturated rings. The van der Waals surface area contributed by atoms with Crippen LogP contribution in [0.25, 0.3) is 17.1 Å². The topological polar surface area (TPSA) is 39.9 Å². The van der Waals surface area contributed by atoms with E-state index >= 15 is 0 Å². The zero-order chi connectivity index (χ0) is 20.2. The maximum atomic E-state index is 14.0. The number of halogens is 2. The van der Waals surface area contributed by atoms with Crippen molar-refractivity contribution in [2.75, 3.05) is 7.11 Å². The lowest BCUT2D eigenvalue weighted by atomic mass is 10.1. The summed E-state index contributed by atoms with van der Waals surface area (Å²) < 4.78 is 21.4. The Morgan fingerprint density at radius 2 is 1.79 bits per heavy atom. The van der Waals surface area contributed by atoms with Gasteiger partial charge < -0.3 is 4.74 Å². The van der Waals surface area contributed by atoms with Crippen molar-refractivity contribution >= 4 is 11.6 Å². The Morgan fingerprint density at radius 1 is 1.00 bits per heavy atom. The Balaban J connectivity index is 1.77. The van der Waals surface area contributed by atoms with Crippen LogP contribution < -0.4 is 4.74 Å². The van der Waals surface area contributed by atoms with Crippen LogP contribution in [0, 0.1) is 5.82 Å². The fraction of sp³-hybridized carbons (Fsp3) is 0.130. The lowest BCUT2D eigenvalue weighted by Crippen LogP contribution is -1.98. The first-order valence-corrected chi connectivity index (χ1v) is 9.60. The largest absolute Gasteiger partial charge is 0.496 e. The highest BCUT2D eigenvalue weighted by Gasteiger charge is 2.17. The number of benzene rings is 2. The number of hydrogen-bond donors (Lipinski definition) is 0. The Bertz CT molecular complexity index is 1110. The van der Waals surface area contributed by atoms with Crippen molar-refractivity contribution in [3.63, 3.8) is 0 Å². The third-order valence-electron chi connectivity index (χ3n) is 4.63. The highest BCUT2D eigenvalue weighted by atomic mass is 35.5. The summed E-state index contributed by atoms with van der Waals surface area (Å²) in [5.41, 5.74) is 3.35. The molecule has 2 aromatic carbocycles. The van der Waals surface area contributed by atoms with Gasteiger partial charge in [0.05, 0.1) is 18.4 Å². The van der Waals surface area contributed by atoms with Gasteiger partial charge in [-0.25, -0.2) is 9.37 Å². The minimum Gasteiger partial charge on any atom is -0.496 e. The number of aryl methyl sites for hydroxylation is 2. The molecule has 146 valence electrons. The van der Waals surface area contributed by atoms with Crippen LogP contribution in [0.3, 0.4) is 0 Å². The molecule has 0 spiro atoms. The zero-order valence-electron chi connectivity index (χ0n) is 15.8. The van der Waals surface area contributed by atoms with Gasteiger partial charge in [-0.05, 0) is 67.4 Å². The number of hydrogen-bond acceptors (Lipinski definition) is 3. The quantitative estimate of drug-likeness (QED) is 0.422. The molecule has 0 saturated carbocycles. The van der Waals surface area contributed by atoms with E-state index in [4.69, 9.17) is 21.3 Å². The van der Waals surface area contributed by atoms with Crippen molar-refractivity contribution < 1.29 is 9.13 Å². The molecule has 2 heterocycles. The third-order valence-corrected chi connectivity index (χ3v) is 4.88. The van der Waals surface area contributed by atoms with E-state index in [1.165, 1.54) is 12.1 Å². The van der Waals surface area contributed by atoms with Crippen LogP contribution in [0.2, 0.25) is 5.02 Å². The average Bonchev–Trinajstić information content (AvgIpc) is 3.17.